The maximum absolute atomic E-state index is 14.6. The number of hydrogen-bond donors (Lipinski definition) is 24. The van der Waals surface area contributed by atoms with Gasteiger partial charge in [-0.25, -0.2) is 9.78 Å². The van der Waals surface area contributed by atoms with Gasteiger partial charge in [0.05, 0.1) is 38.5 Å². The fourth-order valence-corrected chi connectivity index (χ4v) is 11.2. The smallest absolute Gasteiger partial charge is 0.326 e. The van der Waals surface area contributed by atoms with E-state index in [1.165, 1.54) is 12.5 Å². The Morgan fingerprint density at radius 3 is 1.47 bits per heavy atom. The van der Waals surface area contributed by atoms with Gasteiger partial charge in [-0.15, -0.1) is 0 Å². The minimum absolute atomic E-state index is 0.0375. The van der Waals surface area contributed by atoms with E-state index in [1.54, 1.807) is 24.3 Å². The monoisotopic (exact) mass is 1500 g/mol. The lowest BCUT2D eigenvalue weighted by Gasteiger charge is -2.39. The van der Waals surface area contributed by atoms with E-state index in [4.69, 9.17) is 69.0 Å². The number of aliphatic carboxylic acids is 2. The number of H-pyrrole nitrogens is 1. The number of ether oxygens (including phenoxy) is 1. The molecular weight excluding hydrogens is 1400 g/mol. The molecule has 578 valence electrons. The summed E-state index contributed by atoms with van der Waals surface area (Å²) < 4.78 is 4.76. The average Bonchev–Trinajstić information content (AvgIpc) is 0.925. The van der Waals surface area contributed by atoms with Crippen LogP contribution < -0.4 is 110 Å². The van der Waals surface area contributed by atoms with Gasteiger partial charge < -0.3 is 125 Å². The normalized spacial score (nSPS) is 14.8. The highest BCUT2D eigenvalue weighted by molar-refractivity contribution is 7.82. The molecule has 1 aliphatic rings. The molecule has 1 saturated carbocycles. The van der Waals surface area contributed by atoms with Crippen molar-refractivity contribution in [3.63, 3.8) is 0 Å². The molecule has 9 atom stereocenters. The molecule has 0 radical (unpaired) electrons. The first-order chi connectivity index (χ1) is 49.3. The van der Waals surface area contributed by atoms with Gasteiger partial charge in [-0.2, -0.15) is 25.3 Å². The van der Waals surface area contributed by atoms with Crippen molar-refractivity contribution in [1.29, 1.82) is 0 Å². The van der Waals surface area contributed by atoms with Crippen LogP contribution in [0.4, 0.5) is 0 Å². The molecule has 0 bridgehead atoms. The van der Waals surface area contributed by atoms with Crippen LogP contribution >= 0.6 is 25.3 Å². The number of nitrogens with two attached hydrogens (primary N) is 9. The highest BCUT2D eigenvalue weighted by Crippen LogP contribution is 2.37. The van der Waals surface area contributed by atoms with Crippen LogP contribution in [0.15, 0.2) is 56.8 Å². The number of carboxylic acids is 2. The van der Waals surface area contributed by atoms with Crippen molar-refractivity contribution in [3.8, 4) is 5.75 Å². The fourth-order valence-electron chi connectivity index (χ4n) is 10.4. The summed E-state index contributed by atoms with van der Waals surface area (Å²) in [4.78, 5) is 187. The minimum Gasteiger partial charge on any atom is -0.494 e. The number of guanidine groups is 4. The third kappa shape index (κ3) is 34.5. The summed E-state index contributed by atoms with van der Waals surface area (Å²) in [5.74, 6) is -13.4. The molecular formula is C62H103N25O15S2. The summed E-state index contributed by atoms with van der Waals surface area (Å²) in [5.41, 5.74) is 50.6. The van der Waals surface area contributed by atoms with Gasteiger partial charge in [-0.05, 0) is 88.3 Å². The number of carboxylic acid groups (broad SMARTS) is 2. The largest absolute Gasteiger partial charge is 0.494 e. The molecule has 2 aromatic rings. The lowest BCUT2D eigenvalue weighted by molar-refractivity contribution is -0.142. The lowest BCUT2D eigenvalue weighted by atomic mass is 9.82. The first kappa shape index (κ1) is 87.8. The number of benzene rings is 1. The molecule has 0 saturated heterocycles. The van der Waals surface area contributed by atoms with Crippen molar-refractivity contribution in [2.24, 2.45) is 71.6 Å². The number of amides is 10. The summed E-state index contributed by atoms with van der Waals surface area (Å²) in [6.07, 6.45) is 5.98. The van der Waals surface area contributed by atoms with E-state index >= 15 is 0 Å². The number of carbonyl (C=O) groups excluding carboxylic acids is 10. The van der Waals surface area contributed by atoms with Crippen molar-refractivity contribution in [2.75, 3.05) is 51.6 Å². The van der Waals surface area contributed by atoms with Gasteiger partial charge in [-0.1, -0.05) is 44.7 Å². The zero-order valence-corrected chi connectivity index (χ0v) is 59.9. The van der Waals surface area contributed by atoms with Crippen LogP contribution in [0.3, 0.4) is 0 Å². The number of imidazole rings is 1. The molecule has 0 spiro atoms. The van der Waals surface area contributed by atoms with Crippen LogP contribution in [-0.4, -0.2) is 226 Å². The zero-order valence-electron chi connectivity index (χ0n) is 58.1. The van der Waals surface area contributed by atoms with E-state index in [2.05, 4.69) is 95.7 Å². The maximum atomic E-state index is 14.6. The van der Waals surface area contributed by atoms with Crippen LogP contribution in [-0.2, 0) is 70.4 Å². The average molecular weight is 1500 g/mol. The van der Waals surface area contributed by atoms with E-state index in [0.29, 0.717) is 55.7 Å². The van der Waals surface area contributed by atoms with E-state index in [1.807, 2.05) is 6.92 Å². The number of hydrogen-bond acceptors (Lipinski definition) is 21. The first-order valence-electron chi connectivity index (χ1n) is 33.7. The third-order valence-corrected chi connectivity index (χ3v) is 17.0. The van der Waals surface area contributed by atoms with Gasteiger partial charge in [0.15, 0.2) is 23.8 Å². The van der Waals surface area contributed by atoms with E-state index in [0.717, 1.165) is 19.3 Å². The Bertz CT molecular complexity index is 3270. The molecule has 1 unspecified atom stereocenters. The molecule has 0 aliphatic heterocycles. The first-order valence-corrected chi connectivity index (χ1v) is 34.8. The van der Waals surface area contributed by atoms with Gasteiger partial charge in [0.1, 0.15) is 54.1 Å². The standard InChI is InChI=1S/C62H103N25O15S2/c1-2-3-25-102-36-17-15-34(16-18-36)26-41(52(95)83-39(13-9-23-75-60(68)69)51(94)86-44(32-103)55(98)84-40(57(100)101)14-10-24-76-61(70)71)85-54(97)43(28-47(90)91)81-45(88)30-77-50(93)38(12-8-22-74-59(66)67)82-53(96)42(27-35-29-72-33-79-35)80-46(89)31-78-56(99)48(62(104)19-5-4-6-20-62)87-49(92)37(63)11-7-21-73-58(64)65/h15-18,29,33,37-44,48,103-104H,2-14,19-28,30-32,63H2,1H3,(H,72,79)(H,77,93)(H,78,99)(H,80,89)(H,81,88)(H,82,96)(H,83,95)(H,84,98)(H,85,97)(H,86,94)(H,87,92)(H,90,91)(H,100,101)(H4,64,65,73)(H4,66,67,74)(H4,68,69,75)(H4,70,71,76)/t37-,38-,39-,40-,41-,42-,43-,44-,48?/m0/s1. The van der Waals surface area contributed by atoms with Gasteiger partial charge in [-0.3, -0.25) is 72.7 Å². The Hall–Kier alpha value is -10.4. The maximum Gasteiger partial charge on any atom is 0.326 e. The third-order valence-electron chi connectivity index (χ3n) is 15.9. The molecule has 1 aliphatic carbocycles. The van der Waals surface area contributed by atoms with E-state index in [9.17, 15) is 67.7 Å². The molecule has 1 heterocycles. The van der Waals surface area contributed by atoms with Crippen molar-refractivity contribution < 1.29 is 72.5 Å². The van der Waals surface area contributed by atoms with Crippen molar-refractivity contribution >= 4 is 120 Å². The predicted molar refractivity (Wildman–Crippen MR) is 390 cm³/mol. The van der Waals surface area contributed by atoms with Crippen LogP contribution in [0.5, 0.6) is 5.75 Å². The second-order valence-electron chi connectivity index (χ2n) is 24.4. The number of unbranched alkanes of at least 4 members (excludes halogenated alkanes) is 1. The van der Waals surface area contributed by atoms with Crippen LogP contribution in [0.25, 0.3) is 0 Å². The number of carbonyl (C=O) groups is 12. The Morgan fingerprint density at radius 1 is 0.538 bits per heavy atom. The lowest BCUT2D eigenvalue weighted by Crippen LogP contribution is -2.61. The number of rotatable bonds is 49. The summed E-state index contributed by atoms with van der Waals surface area (Å²) in [6.45, 7) is 0.860. The van der Waals surface area contributed by atoms with Crippen molar-refractivity contribution in [2.45, 2.75) is 182 Å². The Morgan fingerprint density at radius 2 is 0.981 bits per heavy atom. The molecule has 1 aromatic carbocycles. The fraction of sp³-hybridized carbons (Fsp3) is 0.597. The highest BCUT2D eigenvalue weighted by Gasteiger charge is 2.43. The van der Waals surface area contributed by atoms with Crippen LogP contribution in [0, 0.1) is 0 Å². The van der Waals surface area contributed by atoms with Crippen LogP contribution in [0.1, 0.15) is 121 Å². The number of nitrogens with one attached hydrogen (secondary N) is 11. The minimum atomic E-state index is -1.96. The summed E-state index contributed by atoms with van der Waals surface area (Å²) in [7, 11) is 0. The Kier molecular flexibility index (Phi) is 39.7. The number of aromatic nitrogens is 2. The zero-order chi connectivity index (χ0) is 77.3. The molecule has 42 heteroatoms. The highest BCUT2D eigenvalue weighted by atomic mass is 32.1. The van der Waals surface area contributed by atoms with Gasteiger partial charge in [0, 0.05) is 61.4 Å². The molecule has 40 nitrogen and oxygen atoms in total. The number of nitrogens with zero attached hydrogens (tertiary/aromatic N) is 5. The number of aliphatic imine (C=N–C) groups is 4. The van der Waals surface area contributed by atoms with Gasteiger partial charge in [0.2, 0.25) is 59.1 Å². The summed E-state index contributed by atoms with van der Waals surface area (Å²) in [5, 5.41) is 44.7. The molecule has 1 fully saturated rings. The summed E-state index contributed by atoms with van der Waals surface area (Å²) in [6, 6.07) is -7.01. The Balaban J connectivity index is 1.91. The van der Waals surface area contributed by atoms with E-state index < -0.39 is 150 Å². The molecule has 3 rings (SSSR count). The van der Waals surface area contributed by atoms with E-state index in [-0.39, 0.29) is 114 Å². The predicted octanol–water partition coefficient (Wildman–Crippen LogP) is -6.85. The van der Waals surface area contributed by atoms with Gasteiger partial charge >= 0.3 is 11.9 Å². The quantitative estimate of drug-likeness (QED) is 0.0127. The SMILES string of the molecule is CCCCOc1ccc(C[C@H](NC(=O)[C@H](CC(=O)O)NC(=O)CNC(=O)[C@H](CCCN=C(N)N)NC(=O)[C@H](Cc2cnc[nH]2)NC(=O)CNC(=O)C(NC(=O)[C@@H](N)CCCN=C(N)N)C2(S)CCCCC2)C(=O)N[C@@H](CCCN=C(N)N)C(=O)N[C@@H](CS)C(=O)N[C@@H](CCCN=C(N)N)C(=O)O)cc1. The molecule has 10 amide bonds. The van der Waals surface area contributed by atoms with Crippen molar-refractivity contribution in [1.82, 2.24) is 63.1 Å². The summed E-state index contributed by atoms with van der Waals surface area (Å²) >= 11 is 9.07. The number of aromatic amines is 1. The van der Waals surface area contributed by atoms with Gasteiger partial charge in [0.25, 0.3) is 0 Å². The number of thiol groups is 2. The topological polar surface area (TPSA) is 687 Å². The van der Waals surface area contributed by atoms with Crippen LogP contribution in [0.2, 0.25) is 0 Å². The molecule has 1 aromatic heterocycles. The van der Waals surface area contributed by atoms with Crippen molar-refractivity contribution in [3.05, 3.63) is 48.0 Å². The molecule has 31 N–H and O–H groups in total. The molecule has 104 heavy (non-hydrogen) atoms. The Labute approximate surface area is 611 Å². The second kappa shape index (κ2) is 47.0. The second-order valence-corrected chi connectivity index (χ2v) is 25.7.